The van der Waals surface area contributed by atoms with Gasteiger partial charge in [-0.1, -0.05) is 25.0 Å². The maximum Gasteiger partial charge on any atom is 0.244 e. The Morgan fingerprint density at radius 1 is 1.10 bits per heavy atom. The Hall–Kier alpha value is -1.95. The lowest BCUT2D eigenvalue weighted by atomic mass is 10.1. The molecule has 3 heterocycles. The van der Waals surface area contributed by atoms with Crippen LogP contribution in [0.25, 0.3) is 11.0 Å². The number of hydrogen-bond donors (Lipinski definition) is 2. The first kappa shape index (κ1) is 22.7. The van der Waals surface area contributed by atoms with Gasteiger partial charge in [0.2, 0.25) is 11.8 Å². The molecule has 10 nitrogen and oxygen atoms in total. The number of fused-ring (bicyclic) bond motifs is 1. The summed E-state index contributed by atoms with van der Waals surface area (Å²) in [5.41, 5.74) is 0.941. The van der Waals surface area contributed by atoms with Crippen molar-refractivity contribution in [1.82, 2.24) is 19.9 Å². The first-order chi connectivity index (χ1) is 14.3. The molecule has 0 radical (unpaired) electrons. The summed E-state index contributed by atoms with van der Waals surface area (Å²) in [6, 6.07) is 0. The molecule has 166 valence electrons. The SMILES string of the molecule is CC(C)CCOc1ncnc2c(N3CC[S+]([O-])CC3)nc(N(C(C)O)C(C)O)nc12. The number of anilines is 2. The molecule has 2 unspecified atom stereocenters. The third kappa shape index (κ3) is 5.20. The summed E-state index contributed by atoms with van der Waals surface area (Å²) >= 11 is -0.843. The van der Waals surface area contributed by atoms with Crippen molar-refractivity contribution in [2.75, 3.05) is 41.0 Å². The van der Waals surface area contributed by atoms with E-state index in [9.17, 15) is 14.8 Å². The summed E-state index contributed by atoms with van der Waals surface area (Å²) < 4.78 is 17.7. The van der Waals surface area contributed by atoms with Gasteiger partial charge in [0, 0.05) is 0 Å². The van der Waals surface area contributed by atoms with E-state index in [0.717, 1.165) is 6.42 Å². The molecule has 0 saturated carbocycles. The molecule has 0 spiro atoms. The van der Waals surface area contributed by atoms with E-state index in [1.54, 1.807) is 0 Å². The van der Waals surface area contributed by atoms with E-state index in [2.05, 4.69) is 33.8 Å². The van der Waals surface area contributed by atoms with E-state index < -0.39 is 23.6 Å². The highest BCUT2D eigenvalue weighted by Gasteiger charge is 2.28. The molecule has 3 rings (SSSR count). The molecule has 1 aliphatic rings. The largest absolute Gasteiger partial charge is 0.616 e. The van der Waals surface area contributed by atoms with E-state index in [0.29, 0.717) is 59.9 Å². The van der Waals surface area contributed by atoms with Crippen LogP contribution in [0.3, 0.4) is 0 Å². The predicted molar refractivity (Wildman–Crippen MR) is 116 cm³/mol. The van der Waals surface area contributed by atoms with Crippen LogP contribution >= 0.6 is 0 Å². The highest BCUT2D eigenvalue weighted by molar-refractivity contribution is 7.91. The molecular formula is C19H30N6O4S. The highest BCUT2D eigenvalue weighted by Crippen LogP contribution is 2.31. The quantitative estimate of drug-likeness (QED) is 0.452. The molecule has 1 saturated heterocycles. The molecule has 2 atom stereocenters. The fourth-order valence-corrected chi connectivity index (χ4v) is 4.28. The van der Waals surface area contributed by atoms with Crippen molar-refractivity contribution in [2.45, 2.75) is 46.6 Å². The smallest absolute Gasteiger partial charge is 0.244 e. The lowest BCUT2D eigenvalue weighted by Crippen LogP contribution is -2.43. The van der Waals surface area contributed by atoms with Crippen LogP contribution in [-0.2, 0) is 11.2 Å². The van der Waals surface area contributed by atoms with Crippen molar-refractivity contribution in [1.29, 1.82) is 0 Å². The number of aliphatic hydroxyl groups is 2. The fraction of sp³-hybridized carbons (Fsp3) is 0.684. The van der Waals surface area contributed by atoms with Crippen LogP contribution < -0.4 is 14.5 Å². The maximum atomic E-state index is 11.8. The van der Waals surface area contributed by atoms with Gasteiger partial charge in [0.25, 0.3) is 0 Å². The van der Waals surface area contributed by atoms with Crippen LogP contribution in [0.15, 0.2) is 6.33 Å². The zero-order valence-electron chi connectivity index (χ0n) is 17.9. The van der Waals surface area contributed by atoms with E-state index in [-0.39, 0.29) is 5.95 Å². The molecular weight excluding hydrogens is 408 g/mol. The van der Waals surface area contributed by atoms with E-state index in [4.69, 9.17) is 4.74 Å². The first-order valence-electron chi connectivity index (χ1n) is 10.2. The van der Waals surface area contributed by atoms with Crippen LogP contribution in [0.1, 0.15) is 34.1 Å². The summed E-state index contributed by atoms with van der Waals surface area (Å²) in [7, 11) is 0. The summed E-state index contributed by atoms with van der Waals surface area (Å²) in [6.45, 7) is 8.91. The third-order valence-electron chi connectivity index (χ3n) is 4.87. The van der Waals surface area contributed by atoms with Crippen molar-refractivity contribution in [3.8, 4) is 5.88 Å². The maximum absolute atomic E-state index is 11.8. The predicted octanol–water partition coefficient (Wildman–Crippen LogP) is 0.896. The number of hydrogen-bond acceptors (Lipinski definition) is 10. The minimum absolute atomic E-state index is 0.151. The standard InChI is InChI=1S/C19H30N6O4S/c1-12(2)5-8-29-18-16-15(20-11-21-18)17(24-6-9-30(28)10-7-24)23-19(22-16)25(13(3)26)14(4)27/h11-14,26-27H,5-10H2,1-4H3. The Balaban J connectivity index is 2.09. The molecule has 2 N–H and O–H groups in total. The van der Waals surface area contributed by atoms with Crippen molar-refractivity contribution >= 4 is 34.0 Å². The number of aliphatic hydroxyl groups excluding tert-OH is 2. The van der Waals surface area contributed by atoms with Gasteiger partial charge in [-0.25, -0.2) is 9.97 Å². The first-order valence-corrected chi connectivity index (χ1v) is 11.7. The normalized spacial score (nSPS) is 17.4. The monoisotopic (exact) mass is 438 g/mol. The zero-order chi connectivity index (χ0) is 21.8. The number of ether oxygens (including phenoxy) is 1. The molecule has 0 amide bonds. The molecule has 1 fully saturated rings. The molecule has 1 aliphatic heterocycles. The second kappa shape index (κ2) is 9.90. The summed E-state index contributed by atoms with van der Waals surface area (Å²) in [5, 5.41) is 20.4. The van der Waals surface area contributed by atoms with Crippen molar-refractivity contribution in [3.63, 3.8) is 0 Å². The van der Waals surface area contributed by atoms with Gasteiger partial charge in [0.15, 0.2) is 11.3 Å². The third-order valence-corrected chi connectivity index (χ3v) is 6.14. The Morgan fingerprint density at radius 3 is 2.37 bits per heavy atom. The van der Waals surface area contributed by atoms with Crippen LogP contribution in [0.4, 0.5) is 11.8 Å². The van der Waals surface area contributed by atoms with E-state index >= 15 is 0 Å². The number of aromatic nitrogens is 4. The van der Waals surface area contributed by atoms with E-state index in [1.165, 1.54) is 25.1 Å². The van der Waals surface area contributed by atoms with Crippen LogP contribution in [0, 0.1) is 5.92 Å². The lowest BCUT2D eigenvalue weighted by molar-refractivity contribution is 0.103. The molecule has 2 aromatic rings. The topological polar surface area (TPSA) is 131 Å². The van der Waals surface area contributed by atoms with Crippen LogP contribution in [-0.4, -0.2) is 78.4 Å². The van der Waals surface area contributed by atoms with Gasteiger partial charge in [-0.05, 0) is 26.2 Å². The Bertz CT molecular complexity index is 837. The highest BCUT2D eigenvalue weighted by atomic mass is 32.2. The Kier molecular flexibility index (Phi) is 7.50. The van der Waals surface area contributed by atoms with Gasteiger partial charge in [-0.2, -0.15) is 9.97 Å². The minimum atomic E-state index is -1.01. The van der Waals surface area contributed by atoms with Gasteiger partial charge in [-0.3, -0.25) is 4.90 Å². The molecule has 0 bridgehead atoms. The minimum Gasteiger partial charge on any atom is -0.616 e. The van der Waals surface area contributed by atoms with Crippen LogP contribution in [0.5, 0.6) is 5.88 Å². The summed E-state index contributed by atoms with van der Waals surface area (Å²) in [6.07, 6.45) is 0.253. The van der Waals surface area contributed by atoms with Crippen molar-refractivity contribution < 1.29 is 19.5 Å². The second-order valence-corrected chi connectivity index (χ2v) is 9.46. The van der Waals surface area contributed by atoms with Gasteiger partial charge < -0.3 is 24.4 Å². The summed E-state index contributed by atoms with van der Waals surface area (Å²) in [5.74, 6) is 2.60. The number of rotatable bonds is 8. The lowest BCUT2D eigenvalue weighted by Gasteiger charge is -2.32. The van der Waals surface area contributed by atoms with Gasteiger partial charge >= 0.3 is 0 Å². The van der Waals surface area contributed by atoms with Gasteiger partial charge in [-0.15, -0.1) is 0 Å². The second-order valence-electron chi connectivity index (χ2n) is 7.76. The Labute approximate surface area is 179 Å². The van der Waals surface area contributed by atoms with E-state index in [1.807, 2.05) is 4.90 Å². The average Bonchev–Trinajstić information content (AvgIpc) is 2.67. The molecule has 0 aliphatic carbocycles. The fourth-order valence-electron chi connectivity index (χ4n) is 3.23. The summed E-state index contributed by atoms with van der Waals surface area (Å²) in [4.78, 5) is 21.1. The van der Waals surface area contributed by atoms with Crippen molar-refractivity contribution in [2.24, 2.45) is 5.92 Å². The van der Waals surface area contributed by atoms with Gasteiger partial charge in [0.1, 0.15) is 35.8 Å². The molecule has 30 heavy (non-hydrogen) atoms. The number of nitrogens with zero attached hydrogens (tertiary/aromatic N) is 6. The Morgan fingerprint density at radius 2 is 1.77 bits per heavy atom. The average molecular weight is 439 g/mol. The zero-order valence-corrected chi connectivity index (χ0v) is 18.7. The molecule has 11 heteroatoms. The van der Waals surface area contributed by atoms with Crippen molar-refractivity contribution in [3.05, 3.63) is 6.33 Å². The van der Waals surface area contributed by atoms with Gasteiger partial charge in [0.05, 0.1) is 19.7 Å². The molecule has 2 aromatic heterocycles. The van der Waals surface area contributed by atoms with Crippen LogP contribution in [0.2, 0.25) is 0 Å². The molecule has 0 aromatic carbocycles.